The van der Waals surface area contributed by atoms with Crippen molar-refractivity contribution in [2.75, 3.05) is 6.54 Å². The lowest BCUT2D eigenvalue weighted by Crippen LogP contribution is -2.42. The van der Waals surface area contributed by atoms with E-state index in [9.17, 15) is 0 Å². The molecule has 0 spiro atoms. The van der Waals surface area contributed by atoms with Crippen LogP contribution in [0.1, 0.15) is 25.1 Å². The number of aromatic nitrogens is 5. The Morgan fingerprint density at radius 3 is 2.96 bits per heavy atom. The summed E-state index contributed by atoms with van der Waals surface area (Å²) in [5.74, 6) is 1.14. The normalized spacial score (nSPS) is 19.4. The first-order valence-corrected chi connectivity index (χ1v) is 8.28. The molecule has 1 aliphatic heterocycles. The van der Waals surface area contributed by atoms with Crippen LogP contribution in [0.15, 0.2) is 36.9 Å². The van der Waals surface area contributed by atoms with Gasteiger partial charge in [0.2, 0.25) is 0 Å². The first-order valence-electron chi connectivity index (χ1n) is 8.28. The van der Waals surface area contributed by atoms with Gasteiger partial charge in [0, 0.05) is 13.1 Å². The number of hydrogen-bond acceptors (Lipinski definition) is 4. The number of fused-ring (bicyclic) bond motifs is 1. The fourth-order valence-electron chi connectivity index (χ4n) is 3.54. The number of hydrogen-bond donors (Lipinski definition) is 0. The van der Waals surface area contributed by atoms with Gasteiger partial charge in [0.25, 0.3) is 0 Å². The molecule has 4 rings (SSSR count). The minimum absolute atomic E-state index is 0.505. The molecule has 1 atom stereocenters. The molecule has 1 aliphatic rings. The maximum atomic E-state index is 4.82. The van der Waals surface area contributed by atoms with E-state index >= 15 is 0 Å². The van der Waals surface area contributed by atoms with Crippen LogP contribution in [0, 0.1) is 0 Å². The van der Waals surface area contributed by atoms with Crippen molar-refractivity contribution in [3.63, 3.8) is 0 Å². The molecule has 1 fully saturated rings. The van der Waals surface area contributed by atoms with Crippen molar-refractivity contribution >= 4 is 11.0 Å². The summed E-state index contributed by atoms with van der Waals surface area (Å²) < 4.78 is 4.16. The average Bonchev–Trinajstić information content (AvgIpc) is 3.19. The summed E-state index contributed by atoms with van der Waals surface area (Å²) in [5, 5.41) is 4.26. The van der Waals surface area contributed by atoms with Crippen LogP contribution < -0.4 is 0 Å². The Morgan fingerprint density at radius 2 is 2.13 bits per heavy atom. The molecule has 120 valence electrons. The van der Waals surface area contributed by atoms with E-state index in [1.165, 1.54) is 24.8 Å². The molecule has 0 bridgehead atoms. The zero-order valence-electron chi connectivity index (χ0n) is 13.5. The van der Waals surface area contributed by atoms with Crippen molar-refractivity contribution in [1.29, 1.82) is 0 Å². The Kier molecular flexibility index (Phi) is 3.83. The summed E-state index contributed by atoms with van der Waals surface area (Å²) >= 11 is 0. The molecule has 23 heavy (non-hydrogen) atoms. The molecule has 1 aromatic carbocycles. The van der Waals surface area contributed by atoms with E-state index in [1.54, 1.807) is 6.33 Å². The number of imidazole rings is 1. The van der Waals surface area contributed by atoms with Gasteiger partial charge in [-0.1, -0.05) is 18.6 Å². The Labute approximate surface area is 135 Å². The number of aryl methyl sites for hydroxylation is 1. The van der Waals surface area contributed by atoms with Crippen LogP contribution in [0.5, 0.6) is 0 Å². The maximum absolute atomic E-state index is 4.82. The summed E-state index contributed by atoms with van der Waals surface area (Å²) in [5.41, 5.74) is 2.28. The van der Waals surface area contributed by atoms with Crippen LogP contribution in [-0.2, 0) is 20.1 Å². The molecule has 0 radical (unpaired) electrons. The van der Waals surface area contributed by atoms with E-state index in [-0.39, 0.29) is 0 Å². The average molecular weight is 310 g/mol. The highest BCUT2D eigenvalue weighted by Crippen LogP contribution is 2.22. The van der Waals surface area contributed by atoms with Gasteiger partial charge in [0.1, 0.15) is 18.5 Å². The lowest BCUT2D eigenvalue weighted by Gasteiger charge is -2.35. The van der Waals surface area contributed by atoms with Gasteiger partial charge < -0.3 is 4.57 Å². The first kappa shape index (κ1) is 14.4. The maximum Gasteiger partial charge on any atom is 0.137 e. The van der Waals surface area contributed by atoms with Gasteiger partial charge in [-0.25, -0.2) is 9.97 Å². The fraction of sp³-hybridized carbons (Fsp3) is 0.471. The molecule has 0 aliphatic carbocycles. The summed E-state index contributed by atoms with van der Waals surface area (Å²) in [6, 6.07) is 8.84. The van der Waals surface area contributed by atoms with Crippen molar-refractivity contribution in [2.24, 2.45) is 7.05 Å². The van der Waals surface area contributed by atoms with Crippen LogP contribution in [0.25, 0.3) is 11.0 Å². The molecule has 0 amide bonds. The standard InChI is InChI=1S/C17H22N6/c1-21-16-8-3-2-7-15(16)20-17(21)11-22-9-5-4-6-14(22)10-23-13-18-12-19-23/h2-3,7-8,12-14H,4-6,9-11H2,1H3/t14-/m0/s1. The molecule has 0 N–H and O–H groups in total. The number of likely N-dealkylation sites (tertiary alicyclic amines) is 1. The van der Waals surface area contributed by atoms with E-state index in [4.69, 9.17) is 4.98 Å². The van der Waals surface area contributed by atoms with Crippen molar-refractivity contribution in [2.45, 2.75) is 38.4 Å². The smallest absolute Gasteiger partial charge is 0.137 e. The van der Waals surface area contributed by atoms with Gasteiger partial charge >= 0.3 is 0 Å². The first-order chi connectivity index (χ1) is 11.3. The molecule has 6 heteroatoms. The molecule has 0 saturated carbocycles. The van der Waals surface area contributed by atoms with Gasteiger partial charge in [-0.2, -0.15) is 5.10 Å². The summed E-state index contributed by atoms with van der Waals surface area (Å²) in [6.45, 7) is 2.93. The van der Waals surface area contributed by atoms with E-state index in [0.717, 1.165) is 31.0 Å². The van der Waals surface area contributed by atoms with Crippen LogP contribution in [-0.4, -0.2) is 41.8 Å². The molecule has 3 heterocycles. The summed E-state index contributed by atoms with van der Waals surface area (Å²) in [6.07, 6.45) is 7.18. The second kappa shape index (κ2) is 6.12. The minimum atomic E-state index is 0.505. The van der Waals surface area contributed by atoms with Crippen molar-refractivity contribution in [3.8, 4) is 0 Å². The zero-order chi connectivity index (χ0) is 15.6. The summed E-state index contributed by atoms with van der Waals surface area (Å²) in [4.78, 5) is 11.4. The van der Waals surface area contributed by atoms with Crippen molar-refractivity contribution in [3.05, 3.63) is 42.7 Å². The highest BCUT2D eigenvalue weighted by atomic mass is 15.3. The quantitative estimate of drug-likeness (QED) is 0.741. The lowest BCUT2D eigenvalue weighted by molar-refractivity contribution is 0.118. The van der Waals surface area contributed by atoms with Crippen molar-refractivity contribution in [1.82, 2.24) is 29.2 Å². The SMILES string of the molecule is Cn1c(CN2CCCC[C@H]2Cn2cncn2)nc2ccccc21. The van der Waals surface area contributed by atoms with Crippen LogP contribution >= 0.6 is 0 Å². The molecule has 6 nitrogen and oxygen atoms in total. The van der Waals surface area contributed by atoms with Gasteiger partial charge in [-0.15, -0.1) is 0 Å². The number of nitrogens with zero attached hydrogens (tertiary/aromatic N) is 6. The highest BCUT2D eigenvalue weighted by Gasteiger charge is 2.24. The highest BCUT2D eigenvalue weighted by molar-refractivity contribution is 5.75. The third-order valence-corrected chi connectivity index (χ3v) is 4.84. The molecule has 3 aromatic rings. The van der Waals surface area contributed by atoms with Gasteiger partial charge in [0.05, 0.1) is 24.1 Å². The predicted octanol–water partition coefficient (Wildman–Crippen LogP) is 2.22. The topological polar surface area (TPSA) is 51.8 Å². The third kappa shape index (κ3) is 2.86. The number of rotatable bonds is 4. The van der Waals surface area contributed by atoms with Gasteiger partial charge in [0.15, 0.2) is 0 Å². The number of benzene rings is 1. The van der Waals surface area contributed by atoms with Gasteiger partial charge in [-0.05, 0) is 31.5 Å². The fourth-order valence-corrected chi connectivity index (χ4v) is 3.54. The molecular formula is C17H22N6. The van der Waals surface area contributed by atoms with Gasteiger partial charge in [-0.3, -0.25) is 9.58 Å². The van der Waals surface area contributed by atoms with Crippen LogP contribution in [0.2, 0.25) is 0 Å². The Hall–Kier alpha value is -2.21. The Morgan fingerprint density at radius 1 is 1.22 bits per heavy atom. The lowest BCUT2D eigenvalue weighted by atomic mass is 10.0. The molecular weight excluding hydrogens is 288 g/mol. The van der Waals surface area contributed by atoms with Crippen LogP contribution in [0.3, 0.4) is 0 Å². The second-order valence-corrected chi connectivity index (χ2v) is 6.31. The minimum Gasteiger partial charge on any atom is -0.330 e. The third-order valence-electron chi connectivity index (χ3n) is 4.84. The largest absolute Gasteiger partial charge is 0.330 e. The van der Waals surface area contributed by atoms with E-state index in [0.29, 0.717) is 6.04 Å². The molecule has 2 aromatic heterocycles. The Balaban J connectivity index is 1.56. The molecule has 1 saturated heterocycles. The summed E-state index contributed by atoms with van der Waals surface area (Å²) in [7, 11) is 2.11. The number of para-hydroxylation sites is 2. The predicted molar refractivity (Wildman–Crippen MR) is 88.8 cm³/mol. The second-order valence-electron chi connectivity index (χ2n) is 6.31. The molecule has 0 unspecified atom stereocenters. The van der Waals surface area contributed by atoms with E-state index < -0.39 is 0 Å². The zero-order valence-corrected chi connectivity index (χ0v) is 13.5. The van der Waals surface area contributed by atoms with Crippen molar-refractivity contribution < 1.29 is 0 Å². The van der Waals surface area contributed by atoms with E-state index in [2.05, 4.69) is 44.8 Å². The number of piperidine rings is 1. The van der Waals surface area contributed by atoms with E-state index in [1.807, 2.05) is 17.1 Å². The Bertz CT molecular complexity index is 776. The monoisotopic (exact) mass is 310 g/mol. The van der Waals surface area contributed by atoms with Crippen LogP contribution in [0.4, 0.5) is 0 Å².